The number of hydrogen-bond acceptors (Lipinski definition) is 5. The summed E-state index contributed by atoms with van der Waals surface area (Å²) in [4.78, 5) is 35.9. The summed E-state index contributed by atoms with van der Waals surface area (Å²) < 4.78 is 51.9. The van der Waals surface area contributed by atoms with Crippen molar-refractivity contribution in [1.82, 2.24) is 5.32 Å². The first kappa shape index (κ1) is 31.6. The molecular formula is C27H28Cl2F4N2O5. The fourth-order valence-electron chi connectivity index (χ4n) is 5.34. The summed E-state index contributed by atoms with van der Waals surface area (Å²) >= 11 is 12.4. The summed E-state index contributed by atoms with van der Waals surface area (Å²) in [6, 6.07) is 8.54. The van der Waals surface area contributed by atoms with Crippen LogP contribution < -0.4 is 10.6 Å². The van der Waals surface area contributed by atoms with E-state index in [1.54, 1.807) is 25.1 Å². The molecule has 0 saturated carbocycles. The molecule has 40 heavy (non-hydrogen) atoms. The van der Waals surface area contributed by atoms with Gasteiger partial charge in [-0.3, -0.25) is 14.9 Å². The van der Waals surface area contributed by atoms with E-state index in [-0.39, 0.29) is 23.0 Å². The Bertz CT molecular complexity index is 1310. The van der Waals surface area contributed by atoms with E-state index in [4.69, 9.17) is 37.8 Å². The number of rotatable bonds is 4. The largest absolute Gasteiger partial charge is 0.490 e. The molecule has 7 nitrogen and oxygen atoms in total. The summed E-state index contributed by atoms with van der Waals surface area (Å²) in [7, 11) is 0. The average molecular weight is 607 g/mol. The van der Waals surface area contributed by atoms with Crippen molar-refractivity contribution < 1.29 is 41.8 Å². The van der Waals surface area contributed by atoms with Crippen molar-refractivity contribution in [2.75, 3.05) is 11.9 Å². The highest BCUT2D eigenvalue weighted by Gasteiger charge is 2.66. The summed E-state index contributed by atoms with van der Waals surface area (Å²) in [5, 5.41) is 13.8. The predicted molar refractivity (Wildman–Crippen MR) is 141 cm³/mol. The zero-order valence-electron chi connectivity index (χ0n) is 22.0. The number of benzene rings is 2. The molecule has 0 bridgehead atoms. The lowest BCUT2D eigenvalue weighted by Gasteiger charge is -2.37. The van der Waals surface area contributed by atoms with Crippen LogP contribution in [0.3, 0.4) is 0 Å². The Morgan fingerprint density at radius 2 is 1.75 bits per heavy atom. The standard InChI is InChI=1S/C25H27Cl2FN2O3.C2HF3O2/c1-5-33-22(31)21-20(13-7-6-8-14(26)9-13)25(19(30-21)12-24(2,3)4)15-10-17(28)16(27)11-18(15)29-23(25)32;3-2(4,5)1(6)7/h6-11,19-21,30H,5,12H2,1-4H3,(H,29,32);(H,6,7)/t19-,20+,21-,25+;/m1./s1. The molecule has 218 valence electrons. The molecule has 4 atom stereocenters. The van der Waals surface area contributed by atoms with Crippen molar-refractivity contribution in [3.05, 3.63) is 63.4 Å². The van der Waals surface area contributed by atoms with Gasteiger partial charge in [-0.25, -0.2) is 9.18 Å². The second kappa shape index (κ2) is 11.5. The first-order valence-electron chi connectivity index (χ1n) is 12.2. The molecule has 3 N–H and O–H groups in total. The van der Waals surface area contributed by atoms with Crippen LogP contribution in [0.15, 0.2) is 36.4 Å². The number of amides is 1. The SMILES string of the molecule is CCOC(=O)[C@@H]1N[C@H](CC(C)(C)C)[C@]2(C(=O)Nc3cc(Cl)c(F)cc32)[C@H]1c1cccc(Cl)c1.O=C(O)C(F)(F)F. The number of aliphatic carboxylic acids is 1. The highest BCUT2D eigenvalue weighted by molar-refractivity contribution is 6.31. The summed E-state index contributed by atoms with van der Waals surface area (Å²) in [5.74, 6) is -4.83. The lowest BCUT2D eigenvalue weighted by molar-refractivity contribution is -0.192. The van der Waals surface area contributed by atoms with Crippen LogP contribution in [0.1, 0.15) is 51.2 Å². The van der Waals surface area contributed by atoms with Crippen molar-refractivity contribution in [3.63, 3.8) is 0 Å². The van der Waals surface area contributed by atoms with Gasteiger partial charge in [0, 0.05) is 22.7 Å². The molecule has 1 amide bonds. The van der Waals surface area contributed by atoms with Crippen LogP contribution in [0.25, 0.3) is 0 Å². The molecule has 0 aliphatic carbocycles. The van der Waals surface area contributed by atoms with E-state index >= 15 is 0 Å². The third kappa shape index (κ3) is 6.21. The quantitative estimate of drug-likeness (QED) is 0.288. The van der Waals surface area contributed by atoms with Gasteiger partial charge in [-0.2, -0.15) is 13.2 Å². The Balaban J connectivity index is 0.000000559. The second-order valence-corrected chi connectivity index (χ2v) is 11.5. The van der Waals surface area contributed by atoms with E-state index in [1.807, 2.05) is 6.07 Å². The maximum Gasteiger partial charge on any atom is 0.490 e. The number of esters is 1. The number of ether oxygens (including phenoxy) is 1. The molecule has 2 aromatic carbocycles. The van der Waals surface area contributed by atoms with Gasteiger partial charge in [0.1, 0.15) is 17.3 Å². The molecule has 2 aliphatic heterocycles. The van der Waals surface area contributed by atoms with Gasteiger partial charge in [0.15, 0.2) is 0 Å². The van der Waals surface area contributed by atoms with Gasteiger partial charge in [0.25, 0.3) is 0 Å². The van der Waals surface area contributed by atoms with Crippen LogP contribution in [-0.4, -0.2) is 47.8 Å². The molecule has 4 rings (SSSR count). The smallest absolute Gasteiger partial charge is 0.475 e. The number of carbonyl (C=O) groups is 3. The minimum Gasteiger partial charge on any atom is -0.475 e. The van der Waals surface area contributed by atoms with E-state index in [0.29, 0.717) is 28.3 Å². The highest BCUT2D eigenvalue weighted by atomic mass is 35.5. The first-order valence-corrected chi connectivity index (χ1v) is 13.0. The van der Waals surface area contributed by atoms with E-state index in [9.17, 15) is 27.2 Å². The van der Waals surface area contributed by atoms with E-state index in [1.165, 1.54) is 12.1 Å². The fourth-order valence-corrected chi connectivity index (χ4v) is 5.71. The van der Waals surface area contributed by atoms with E-state index < -0.39 is 47.3 Å². The van der Waals surface area contributed by atoms with Crippen LogP contribution in [-0.2, 0) is 24.5 Å². The number of carboxylic acid groups (broad SMARTS) is 1. The number of anilines is 1. The average Bonchev–Trinajstić information content (AvgIpc) is 3.29. The van der Waals surface area contributed by atoms with E-state index in [0.717, 1.165) is 0 Å². The van der Waals surface area contributed by atoms with Gasteiger partial charge in [0.2, 0.25) is 5.91 Å². The number of fused-ring (bicyclic) bond motifs is 2. The Hall–Kier alpha value is -2.89. The number of nitrogens with one attached hydrogen (secondary N) is 2. The normalized spacial score (nSPS) is 23.8. The molecule has 2 aliphatic rings. The van der Waals surface area contributed by atoms with Crippen LogP contribution in [0.5, 0.6) is 0 Å². The van der Waals surface area contributed by atoms with Crippen molar-refractivity contribution in [3.8, 4) is 0 Å². The van der Waals surface area contributed by atoms with Crippen molar-refractivity contribution in [1.29, 1.82) is 0 Å². The fraction of sp³-hybridized carbons (Fsp3) is 0.444. The first-order chi connectivity index (χ1) is 18.4. The number of hydrogen-bond donors (Lipinski definition) is 3. The molecule has 2 heterocycles. The second-order valence-electron chi connectivity index (χ2n) is 10.7. The minimum absolute atomic E-state index is 0.0781. The Labute approximate surface area is 238 Å². The van der Waals surface area contributed by atoms with E-state index in [2.05, 4.69) is 31.4 Å². The minimum atomic E-state index is -5.08. The molecule has 2 aromatic rings. The number of alkyl halides is 3. The lowest BCUT2D eigenvalue weighted by Crippen LogP contribution is -2.49. The summed E-state index contributed by atoms with van der Waals surface area (Å²) in [6.07, 6.45) is -4.53. The van der Waals surface area contributed by atoms with Gasteiger partial charge in [-0.1, -0.05) is 56.1 Å². The van der Waals surface area contributed by atoms with Crippen LogP contribution in [0, 0.1) is 11.2 Å². The highest BCUT2D eigenvalue weighted by Crippen LogP contribution is 2.57. The lowest BCUT2D eigenvalue weighted by atomic mass is 9.62. The number of carboxylic acids is 1. The van der Waals surface area contributed by atoms with Gasteiger partial charge in [-0.15, -0.1) is 0 Å². The maximum absolute atomic E-state index is 14.8. The van der Waals surface area contributed by atoms with Gasteiger partial charge < -0.3 is 15.2 Å². The van der Waals surface area contributed by atoms with Crippen molar-refractivity contribution >= 4 is 46.7 Å². The Morgan fingerprint density at radius 1 is 1.12 bits per heavy atom. The molecular weight excluding hydrogens is 579 g/mol. The third-order valence-electron chi connectivity index (χ3n) is 6.69. The maximum atomic E-state index is 14.8. The van der Waals surface area contributed by atoms with Crippen molar-refractivity contribution in [2.24, 2.45) is 5.41 Å². The molecule has 1 saturated heterocycles. The van der Waals surface area contributed by atoms with Crippen molar-refractivity contribution in [2.45, 2.75) is 63.7 Å². The number of halogens is 6. The predicted octanol–water partition coefficient (Wildman–Crippen LogP) is 6.08. The van der Waals surface area contributed by atoms with Crippen LogP contribution in [0.2, 0.25) is 10.0 Å². The topological polar surface area (TPSA) is 105 Å². The molecule has 0 aromatic heterocycles. The molecule has 13 heteroatoms. The number of carbonyl (C=O) groups excluding carboxylic acids is 2. The van der Waals surface area contributed by atoms with Crippen LogP contribution in [0.4, 0.5) is 23.2 Å². The monoisotopic (exact) mass is 606 g/mol. The van der Waals surface area contributed by atoms with Gasteiger partial charge in [-0.05, 0) is 54.2 Å². The zero-order chi connectivity index (χ0) is 30.2. The van der Waals surface area contributed by atoms with Crippen LogP contribution >= 0.6 is 23.2 Å². The van der Waals surface area contributed by atoms with Gasteiger partial charge in [0.05, 0.1) is 11.6 Å². The summed E-state index contributed by atoms with van der Waals surface area (Å²) in [6.45, 7) is 8.11. The molecule has 0 unspecified atom stereocenters. The summed E-state index contributed by atoms with van der Waals surface area (Å²) in [5.41, 5.74) is 0.163. The molecule has 1 spiro atoms. The van der Waals surface area contributed by atoms with Gasteiger partial charge >= 0.3 is 18.1 Å². The zero-order valence-corrected chi connectivity index (χ0v) is 23.5. The molecule has 0 radical (unpaired) electrons. The Kier molecular flexibility index (Phi) is 9.13. The third-order valence-corrected chi connectivity index (χ3v) is 7.22. The molecule has 1 fully saturated rings. The Morgan fingerprint density at radius 3 is 2.27 bits per heavy atom.